The van der Waals surface area contributed by atoms with Gasteiger partial charge in [0.25, 0.3) is 5.91 Å². The lowest BCUT2D eigenvalue weighted by Crippen LogP contribution is -2.21. The van der Waals surface area contributed by atoms with Gasteiger partial charge in [-0.15, -0.1) is 0 Å². The van der Waals surface area contributed by atoms with Gasteiger partial charge in [0.2, 0.25) is 5.91 Å². The first-order valence-electron chi connectivity index (χ1n) is 7.08. The molecule has 124 valence electrons. The minimum atomic E-state index is -0.584. The Morgan fingerprint density at radius 2 is 1.71 bits per heavy atom. The number of carbonyl (C=O) groups excluding carboxylic acids is 2. The summed E-state index contributed by atoms with van der Waals surface area (Å²) in [6, 6.07) is 10.6. The Balaban J connectivity index is 1.89. The van der Waals surface area contributed by atoms with E-state index < -0.39 is 23.4 Å². The Morgan fingerprint density at radius 3 is 2.38 bits per heavy atom. The number of rotatable bonds is 5. The molecule has 0 heterocycles. The molecule has 2 aromatic carbocycles. The summed E-state index contributed by atoms with van der Waals surface area (Å²) >= 11 is 0. The highest BCUT2D eigenvalue weighted by Crippen LogP contribution is 2.09. The van der Waals surface area contributed by atoms with Crippen LogP contribution in [-0.2, 0) is 4.79 Å². The number of hydrogen-bond acceptors (Lipinski definition) is 3. The van der Waals surface area contributed by atoms with E-state index >= 15 is 0 Å². The molecule has 2 N–H and O–H groups in total. The zero-order valence-corrected chi connectivity index (χ0v) is 12.8. The normalized spacial score (nSPS) is 11.0. The number of nitrogens with zero attached hydrogens (tertiary/aromatic N) is 1. The molecule has 0 saturated heterocycles. The third-order valence-corrected chi connectivity index (χ3v) is 2.96. The van der Waals surface area contributed by atoms with Crippen LogP contribution in [0.4, 0.5) is 14.5 Å². The average Bonchev–Trinajstić information content (AvgIpc) is 2.52. The molecule has 0 saturated carbocycles. The lowest BCUT2D eigenvalue weighted by Gasteiger charge is -2.05. The van der Waals surface area contributed by atoms with Crippen molar-refractivity contribution in [3.8, 4) is 0 Å². The van der Waals surface area contributed by atoms with Crippen LogP contribution in [0, 0.1) is 11.6 Å². The van der Waals surface area contributed by atoms with Gasteiger partial charge in [-0.1, -0.05) is 12.1 Å². The third-order valence-electron chi connectivity index (χ3n) is 2.96. The van der Waals surface area contributed by atoms with E-state index in [0.717, 1.165) is 6.07 Å². The van der Waals surface area contributed by atoms with Crippen LogP contribution < -0.4 is 10.7 Å². The van der Waals surface area contributed by atoms with Gasteiger partial charge >= 0.3 is 0 Å². The summed E-state index contributed by atoms with van der Waals surface area (Å²) in [4.78, 5) is 23.6. The first kappa shape index (κ1) is 17.3. The van der Waals surface area contributed by atoms with Gasteiger partial charge in [0.1, 0.15) is 11.6 Å². The monoisotopic (exact) mass is 331 g/mol. The predicted molar refractivity (Wildman–Crippen MR) is 86.6 cm³/mol. The minimum Gasteiger partial charge on any atom is -0.326 e. The van der Waals surface area contributed by atoms with Crippen LogP contribution in [-0.4, -0.2) is 17.5 Å². The number of hydrazone groups is 1. The molecule has 0 radical (unpaired) electrons. The first-order valence-corrected chi connectivity index (χ1v) is 7.08. The Kier molecular flexibility index (Phi) is 5.73. The van der Waals surface area contributed by atoms with Crippen molar-refractivity contribution in [1.82, 2.24) is 5.43 Å². The van der Waals surface area contributed by atoms with Gasteiger partial charge in [-0.2, -0.15) is 5.10 Å². The van der Waals surface area contributed by atoms with Crippen molar-refractivity contribution < 1.29 is 18.4 Å². The van der Waals surface area contributed by atoms with E-state index in [1.54, 1.807) is 13.0 Å². The van der Waals surface area contributed by atoms with Crippen LogP contribution >= 0.6 is 0 Å². The summed E-state index contributed by atoms with van der Waals surface area (Å²) < 4.78 is 26.1. The van der Waals surface area contributed by atoms with Crippen LogP contribution in [0.5, 0.6) is 0 Å². The third kappa shape index (κ3) is 5.28. The van der Waals surface area contributed by atoms with Crippen LogP contribution in [0.3, 0.4) is 0 Å². The standard InChI is InChI=1S/C17H15F2N3O2/c1-11(8-16(23)20-15-7-3-6-14(19)10-15)21-22-17(24)12-4-2-5-13(18)9-12/h2-7,9-10H,8H2,1H3,(H,20,23)(H,22,24). The van der Waals surface area contributed by atoms with Crippen LogP contribution in [0.15, 0.2) is 53.6 Å². The fourth-order valence-electron chi connectivity index (χ4n) is 1.88. The smallest absolute Gasteiger partial charge is 0.271 e. The van der Waals surface area contributed by atoms with Crippen molar-refractivity contribution in [3.63, 3.8) is 0 Å². The molecule has 0 spiro atoms. The van der Waals surface area contributed by atoms with Gasteiger partial charge in [0, 0.05) is 17.0 Å². The summed E-state index contributed by atoms with van der Waals surface area (Å²) in [6.07, 6.45) is -0.0834. The number of amides is 2. The molecule has 0 aliphatic rings. The zero-order valence-electron chi connectivity index (χ0n) is 12.8. The number of benzene rings is 2. The van der Waals surface area contributed by atoms with Gasteiger partial charge in [0.15, 0.2) is 0 Å². The maximum atomic E-state index is 13.0. The minimum absolute atomic E-state index is 0.0834. The van der Waals surface area contributed by atoms with Crippen molar-refractivity contribution in [2.45, 2.75) is 13.3 Å². The molecule has 2 rings (SSSR count). The average molecular weight is 331 g/mol. The second kappa shape index (κ2) is 7.96. The number of halogens is 2. The highest BCUT2D eigenvalue weighted by molar-refractivity contribution is 6.06. The van der Waals surface area contributed by atoms with E-state index in [9.17, 15) is 18.4 Å². The molecular formula is C17H15F2N3O2. The number of carbonyl (C=O) groups is 2. The molecule has 24 heavy (non-hydrogen) atoms. The molecule has 0 fully saturated rings. The highest BCUT2D eigenvalue weighted by atomic mass is 19.1. The van der Waals surface area contributed by atoms with E-state index in [-0.39, 0.29) is 12.0 Å². The quantitative estimate of drug-likeness (QED) is 0.653. The number of nitrogens with one attached hydrogen (secondary N) is 2. The summed E-state index contributed by atoms with van der Waals surface area (Å²) in [5.41, 5.74) is 3.04. The topological polar surface area (TPSA) is 70.6 Å². The summed E-state index contributed by atoms with van der Waals surface area (Å²) in [5.74, 6) is -1.97. The van der Waals surface area contributed by atoms with Crippen molar-refractivity contribution in [2.75, 3.05) is 5.32 Å². The largest absolute Gasteiger partial charge is 0.326 e. The summed E-state index contributed by atoms with van der Waals surface area (Å²) in [5, 5.41) is 6.31. The van der Waals surface area contributed by atoms with E-state index in [1.807, 2.05) is 0 Å². The molecular weight excluding hydrogens is 316 g/mol. The molecule has 2 aromatic rings. The van der Waals surface area contributed by atoms with Gasteiger partial charge < -0.3 is 5.32 Å². The zero-order chi connectivity index (χ0) is 17.5. The maximum absolute atomic E-state index is 13.0. The molecule has 0 atom stereocenters. The molecule has 0 aromatic heterocycles. The van der Waals surface area contributed by atoms with Gasteiger partial charge in [0.05, 0.1) is 6.42 Å². The van der Waals surface area contributed by atoms with E-state index in [4.69, 9.17) is 0 Å². The molecule has 7 heteroatoms. The predicted octanol–water partition coefficient (Wildman–Crippen LogP) is 3.10. The Hall–Kier alpha value is -3.09. The molecule has 5 nitrogen and oxygen atoms in total. The second-order valence-corrected chi connectivity index (χ2v) is 5.03. The first-order chi connectivity index (χ1) is 11.4. The molecule has 2 amide bonds. The molecule has 0 unspecified atom stereocenters. The van der Waals surface area contributed by atoms with Crippen LogP contribution in [0.1, 0.15) is 23.7 Å². The Morgan fingerprint density at radius 1 is 1.04 bits per heavy atom. The van der Waals surface area contributed by atoms with Crippen molar-refractivity contribution in [2.24, 2.45) is 5.10 Å². The fourth-order valence-corrected chi connectivity index (χ4v) is 1.88. The van der Waals surface area contributed by atoms with E-state index in [1.165, 1.54) is 36.4 Å². The van der Waals surface area contributed by atoms with E-state index in [0.29, 0.717) is 11.4 Å². The van der Waals surface area contributed by atoms with Gasteiger partial charge in [-0.3, -0.25) is 9.59 Å². The Bertz CT molecular complexity index is 791. The summed E-state index contributed by atoms with van der Waals surface area (Å²) in [7, 11) is 0. The maximum Gasteiger partial charge on any atom is 0.271 e. The van der Waals surface area contributed by atoms with Crippen LogP contribution in [0.2, 0.25) is 0 Å². The van der Waals surface area contributed by atoms with Gasteiger partial charge in [-0.05, 0) is 43.3 Å². The second-order valence-electron chi connectivity index (χ2n) is 5.03. The molecule has 0 aliphatic carbocycles. The highest BCUT2D eigenvalue weighted by Gasteiger charge is 2.08. The molecule has 0 bridgehead atoms. The lowest BCUT2D eigenvalue weighted by molar-refractivity contribution is -0.115. The molecule has 0 aliphatic heterocycles. The van der Waals surface area contributed by atoms with Crippen molar-refractivity contribution >= 4 is 23.2 Å². The lowest BCUT2D eigenvalue weighted by atomic mass is 10.2. The van der Waals surface area contributed by atoms with Crippen LogP contribution in [0.25, 0.3) is 0 Å². The summed E-state index contributed by atoms with van der Waals surface area (Å²) in [6.45, 7) is 1.55. The van der Waals surface area contributed by atoms with Gasteiger partial charge in [-0.25, -0.2) is 14.2 Å². The fraction of sp³-hybridized carbons (Fsp3) is 0.118. The number of hydrogen-bond donors (Lipinski definition) is 2. The van der Waals surface area contributed by atoms with Crippen molar-refractivity contribution in [1.29, 1.82) is 0 Å². The SMILES string of the molecule is CC(CC(=O)Nc1cccc(F)c1)=NNC(=O)c1cccc(F)c1. The van der Waals surface area contributed by atoms with E-state index in [2.05, 4.69) is 15.8 Å². The van der Waals surface area contributed by atoms with Crippen molar-refractivity contribution in [3.05, 3.63) is 65.7 Å². The number of anilines is 1. The Labute approximate surface area is 137 Å².